The lowest BCUT2D eigenvalue weighted by Gasteiger charge is -2.50. The van der Waals surface area contributed by atoms with Crippen LogP contribution in [0.15, 0.2) is 41.6 Å². The number of nitrogens with zero attached hydrogens (tertiary/aromatic N) is 1. The lowest BCUT2D eigenvalue weighted by atomic mass is 10.00. The Bertz CT molecular complexity index is 823. The number of benzene rings is 1. The molecule has 28 heavy (non-hydrogen) atoms. The zero-order chi connectivity index (χ0) is 19.7. The number of carbonyl (C=O) groups is 3. The summed E-state index contributed by atoms with van der Waals surface area (Å²) in [5.41, 5.74) is 0.945. The third kappa shape index (κ3) is 3.60. The topological polar surface area (TPSA) is 95.9 Å². The molecule has 2 amide bonds. The number of hydrogen-bond acceptors (Lipinski definition) is 6. The number of nitrogens with one attached hydrogen (secondary N) is 1. The first-order chi connectivity index (χ1) is 13.6. The molecule has 0 saturated carbocycles. The van der Waals surface area contributed by atoms with Crippen LogP contribution in [0.4, 0.5) is 0 Å². The maximum atomic E-state index is 12.6. The van der Waals surface area contributed by atoms with E-state index in [0.29, 0.717) is 11.5 Å². The predicted octanol–water partition coefficient (Wildman–Crippen LogP) is 1.70. The molecule has 4 rings (SSSR count). The molecule has 3 aliphatic heterocycles. The molecule has 1 aromatic carbocycles. The van der Waals surface area contributed by atoms with Crippen LogP contribution < -0.4 is 10.1 Å². The number of para-hydroxylation sites is 1. The summed E-state index contributed by atoms with van der Waals surface area (Å²) >= 11 is 3.27. The fourth-order valence-corrected chi connectivity index (χ4v) is 6.50. The Morgan fingerprint density at radius 2 is 2.04 bits per heavy atom. The molecule has 0 bridgehead atoms. The number of carboxylic acids is 1. The van der Waals surface area contributed by atoms with E-state index in [1.54, 1.807) is 36.0 Å². The van der Waals surface area contributed by atoms with Gasteiger partial charge in [-0.1, -0.05) is 18.2 Å². The number of hydrogen-bond donors (Lipinski definition) is 2. The first kappa shape index (κ1) is 19.2. The number of aliphatic carboxylic acids is 1. The number of β-lactam (4-membered cyclic amide) rings is 1. The van der Waals surface area contributed by atoms with E-state index >= 15 is 0 Å². The number of thioether (sulfide) groups is 2. The van der Waals surface area contributed by atoms with Crippen LogP contribution in [0.1, 0.15) is 12.8 Å². The van der Waals surface area contributed by atoms with Gasteiger partial charge in [0.05, 0.1) is 0 Å². The van der Waals surface area contributed by atoms with Gasteiger partial charge in [-0.25, -0.2) is 4.79 Å². The molecule has 0 radical (unpaired) electrons. The molecule has 2 unspecified atom stereocenters. The molecule has 2 saturated heterocycles. The highest BCUT2D eigenvalue weighted by molar-refractivity contribution is 8.01. The Morgan fingerprint density at radius 3 is 2.71 bits per heavy atom. The molecule has 3 aliphatic rings. The smallest absolute Gasteiger partial charge is 0.352 e. The molecular weight excluding hydrogens is 400 g/mol. The molecule has 1 aromatic rings. The molecule has 0 aliphatic carbocycles. The van der Waals surface area contributed by atoms with E-state index in [-0.39, 0.29) is 28.8 Å². The van der Waals surface area contributed by atoms with Crippen molar-refractivity contribution in [3.05, 3.63) is 41.6 Å². The number of rotatable bonds is 6. The second kappa shape index (κ2) is 8.08. The average Bonchev–Trinajstić information content (AvgIpc) is 3.24. The lowest BCUT2D eigenvalue weighted by Crippen LogP contribution is -2.71. The molecule has 2 N–H and O–H groups in total. The highest BCUT2D eigenvalue weighted by atomic mass is 32.2. The Morgan fingerprint density at radius 1 is 1.25 bits per heavy atom. The van der Waals surface area contributed by atoms with Gasteiger partial charge in [-0.2, -0.15) is 11.8 Å². The largest absolute Gasteiger partial charge is 0.484 e. The lowest BCUT2D eigenvalue weighted by molar-refractivity contribution is -0.151. The summed E-state index contributed by atoms with van der Waals surface area (Å²) in [5, 5.41) is 12.2. The van der Waals surface area contributed by atoms with Crippen molar-refractivity contribution in [1.82, 2.24) is 10.2 Å². The van der Waals surface area contributed by atoms with Crippen molar-refractivity contribution < 1.29 is 24.2 Å². The van der Waals surface area contributed by atoms with Crippen LogP contribution in [-0.4, -0.2) is 62.6 Å². The Hall–Kier alpha value is -2.13. The zero-order valence-electron chi connectivity index (χ0n) is 15.0. The fourth-order valence-electron chi connectivity index (χ4n) is 3.62. The summed E-state index contributed by atoms with van der Waals surface area (Å²) in [6.45, 7) is -0.198. The van der Waals surface area contributed by atoms with Gasteiger partial charge in [-0.3, -0.25) is 14.5 Å². The second-order valence-electron chi connectivity index (χ2n) is 6.74. The molecule has 0 aromatic heterocycles. The highest BCUT2D eigenvalue weighted by Gasteiger charge is 2.54. The minimum Gasteiger partial charge on any atom is -0.484 e. The summed E-state index contributed by atoms with van der Waals surface area (Å²) < 4.78 is 5.40. The van der Waals surface area contributed by atoms with Crippen LogP contribution >= 0.6 is 23.5 Å². The van der Waals surface area contributed by atoms with E-state index in [4.69, 9.17) is 4.74 Å². The van der Waals surface area contributed by atoms with Gasteiger partial charge in [-0.05, 0) is 36.3 Å². The molecule has 148 valence electrons. The van der Waals surface area contributed by atoms with Gasteiger partial charge in [-0.15, -0.1) is 11.8 Å². The summed E-state index contributed by atoms with van der Waals surface area (Å²) in [4.78, 5) is 38.0. The molecular formula is C19H20N2O5S2. The van der Waals surface area contributed by atoms with Gasteiger partial charge in [0.25, 0.3) is 11.8 Å². The SMILES string of the molecule is O=C(COc1ccccc1)NC1C(=O)N2C(C(=O)O)=C(C3CCCS3)CS[C@H]12. The van der Waals surface area contributed by atoms with Crippen molar-refractivity contribution in [2.24, 2.45) is 0 Å². The van der Waals surface area contributed by atoms with Gasteiger partial charge >= 0.3 is 5.97 Å². The summed E-state index contributed by atoms with van der Waals surface area (Å²) in [6.07, 6.45) is 2.01. The van der Waals surface area contributed by atoms with Gasteiger partial charge in [0, 0.05) is 11.0 Å². The highest BCUT2D eigenvalue weighted by Crippen LogP contribution is 2.45. The van der Waals surface area contributed by atoms with Gasteiger partial charge in [0.15, 0.2) is 6.61 Å². The van der Waals surface area contributed by atoms with Crippen molar-refractivity contribution in [2.75, 3.05) is 18.1 Å². The van der Waals surface area contributed by atoms with Crippen LogP contribution in [-0.2, 0) is 14.4 Å². The molecule has 3 heterocycles. The Balaban J connectivity index is 1.41. The first-order valence-electron chi connectivity index (χ1n) is 9.06. The number of fused-ring (bicyclic) bond motifs is 1. The van der Waals surface area contributed by atoms with Crippen LogP contribution in [0.5, 0.6) is 5.75 Å². The van der Waals surface area contributed by atoms with Crippen LogP contribution in [0.25, 0.3) is 0 Å². The van der Waals surface area contributed by atoms with E-state index in [1.165, 1.54) is 16.7 Å². The molecule has 2 fully saturated rings. The van der Waals surface area contributed by atoms with E-state index in [1.807, 2.05) is 6.07 Å². The van der Waals surface area contributed by atoms with Crippen LogP contribution in [0, 0.1) is 0 Å². The van der Waals surface area contributed by atoms with Crippen molar-refractivity contribution >= 4 is 41.3 Å². The Labute approximate surface area is 170 Å². The maximum Gasteiger partial charge on any atom is 0.352 e. The summed E-state index contributed by atoms with van der Waals surface area (Å²) in [5.74, 6) is 0.312. The zero-order valence-corrected chi connectivity index (χ0v) is 16.6. The van der Waals surface area contributed by atoms with Crippen molar-refractivity contribution in [2.45, 2.75) is 29.5 Å². The van der Waals surface area contributed by atoms with Crippen LogP contribution in [0.2, 0.25) is 0 Å². The average molecular weight is 421 g/mol. The van der Waals surface area contributed by atoms with Gasteiger partial charge < -0.3 is 15.2 Å². The van der Waals surface area contributed by atoms with Gasteiger partial charge in [0.2, 0.25) is 0 Å². The monoisotopic (exact) mass is 420 g/mol. The summed E-state index contributed by atoms with van der Waals surface area (Å²) in [7, 11) is 0. The molecule has 3 atom stereocenters. The number of ether oxygens (including phenoxy) is 1. The summed E-state index contributed by atoms with van der Waals surface area (Å²) in [6, 6.07) is 8.23. The normalized spacial score (nSPS) is 26.5. The number of amides is 2. The van der Waals surface area contributed by atoms with Crippen LogP contribution in [0.3, 0.4) is 0 Å². The van der Waals surface area contributed by atoms with Crippen molar-refractivity contribution in [3.63, 3.8) is 0 Å². The van der Waals surface area contributed by atoms with E-state index in [0.717, 1.165) is 24.2 Å². The number of carboxylic acid groups (broad SMARTS) is 1. The third-order valence-electron chi connectivity index (χ3n) is 4.95. The fraction of sp³-hybridized carbons (Fsp3) is 0.421. The maximum absolute atomic E-state index is 12.6. The quantitative estimate of drug-likeness (QED) is 0.676. The number of carbonyl (C=O) groups excluding carboxylic acids is 2. The third-order valence-corrected chi connectivity index (χ3v) is 7.70. The minimum absolute atomic E-state index is 0.110. The first-order valence-corrected chi connectivity index (χ1v) is 11.2. The van der Waals surface area contributed by atoms with E-state index in [2.05, 4.69) is 5.32 Å². The minimum atomic E-state index is -1.07. The van der Waals surface area contributed by atoms with E-state index < -0.39 is 17.9 Å². The molecule has 9 heteroatoms. The van der Waals surface area contributed by atoms with E-state index in [9.17, 15) is 19.5 Å². The molecule has 0 spiro atoms. The van der Waals surface area contributed by atoms with Gasteiger partial charge in [0.1, 0.15) is 22.9 Å². The standard InChI is InChI=1S/C19H20N2O5S2/c22-14(9-26-11-5-2-1-3-6-11)20-15-17(23)21-16(19(24)25)12(10-28-18(15)21)13-7-4-8-27-13/h1-3,5-6,13,15,18H,4,7-10H2,(H,20,22)(H,24,25)/t13?,15?,18-/m1/s1. The van der Waals surface area contributed by atoms with Crippen molar-refractivity contribution in [3.8, 4) is 5.75 Å². The Kier molecular flexibility index (Phi) is 5.54. The molecule has 7 nitrogen and oxygen atoms in total. The second-order valence-corrected chi connectivity index (χ2v) is 9.15. The van der Waals surface area contributed by atoms with Crippen molar-refractivity contribution in [1.29, 1.82) is 0 Å². The predicted molar refractivity (Wildman–Crippen MR) is 107 cm³/mol.